The van der Waals surface area contributed by atoms with E-state index in [9.17, 15) is 4.79 Å². The molecule has 0 saturated heterocycles. The number of anilines is 1. The first-order chi connectivity index (χ1) is 11.8. The third-order valence-electron chi connectivity index (χ3n) is 6.70. The van der Waals surface area contributed by atoms with Gasteiger partial charge in [-0.25, -0.2) is 9.80 Å². The maximum Gasteiger partial charge on any atom is 0.338 e. The molecule has 5 rings (SSSR count). The lowest BCUT2D eigenvalue weighted by molar-refractivity contribution is 0.0526. The van der Waals surface area contributed by atoms with Crippen LogP contribution in [0.5, 0.6) is 0 Å². The molecule has 0 aromatic heterocycles. The fourth-order valence-electron chi connectivity index (χ4n) is 5.88. The summed E-state index contributed by atoms with van der Waals surface area (Å²) in [7, 11) is 0. The number of ether oxygens (including phenoxy) is 1. The van der Waals surface area contributed by atoms with Crippen molar-refractivity contribution in [3.8, 4) is 0 Å². The van der Waals surface area contributed by atoms with Crippen LogP contribution in [-0.4, -0.2) is 24.7 Å². The number of fused-ring (bicyclic) bond motifs is 8. The standard InChI is InChI=1S/C19H23N3O2/c1-2-24-19(23)11-6-8-12(9-7-11)22-18-16-10-15(17(18)20-21-22)13-4-3-5-14(13)16/h6-9,13-18H,2-5,10H2,1H3. The highest BCUT2D eigenvalue weighted by Crippen LogP contribution is 2.62. The minimum Gasteiger partial charge on any atom is -0.462 e. The Morgan fingerprint density at radius 2 is 1.92 bits per heavy atom. The zero-order valence-electron chi connectivity index (χ0n) is 14.0. The molecule has 1 aromatic rings. The van der Waals surface area contributed by atoms with Gasteiger partial charge in [-0.3, -0.25) is 0 Å². The van der Waals surface area contributed by atoms with Crippen LogP contribution in [0, 0.1) is 23.7 Å². The number of benzene rings is 1. The van der Waals surface area contributed by atoms with Gasteiger partial charge in [0.05, 0.1) is 29.9 Å². The van der Waals surface area contributed by atoms with E-state index in [4.69, 9.17) is 4.74 Å². The molecule has 0 N–H and O–H groups in total. The molecule has 0 spiro atoms. The van der Waals surface area contributed by atoms with E-state index in [-0.39, 0.29) is 5.97 Å². The Kier molecular flexibility index (Phi) is 3.19. The largest absolute Gasteiger partial charge is 0.462 e. The molecule has 1 heterocycles. The summed E-state index contributed by atoms with van der Waals surface area (Å²) in [5.74, 6) is 3.02. The topological polar surface area (TPSA) is 54.3 Å². The van der Waals surface area contributed by atoms with Crippen LogP contribution in [0.1, 0.15) is 43.0 Å². The van der Waals surface area contributed by atoms with Crippen molar-refractivity contribution in [3.63, 3.8) is 0 Å². The Hall–Kier alpha value is -1.91. The average molecular weight is 325 g/mol. The van der Waals surface area contributed by atoms with E-state index in [0.29, 0.717) is 24.3 Å². The highest BCUT2D eigenvalue weighted by Gasteiger charge is 2.62. The van der Waals surface area contributed by atoms with E-state index < -0.39 is 0 Å². The van der Waals surface area contributed by atoms with E-state index in [1.165, 1.54) is 25.7 Å². The van der Waals surface area contributed by atoms with Gasteiger partial charge in [0.2, 0.25) is 0 Å². The molecule has 0 radical (unpaired) electrons. The summed E-state index contributed by atoms with van der Waals surface area (Å²) in [6.07, 6.45) is 5.53. The average Bonchev–Trinajstić information content (AvgIpc) is 3.33. The van der Waals surface area contributed by atoms with E-state index in [1.807, 2.05) is 31.2 Å². The Balaban J connectivity index is 1.39. The van der Waals surface area contributed by atoms with Gasteiger partial charge in [-0.15, -0.1) is 0 Å². The first-order valence-corrected chi connectivity index (χ1v) is 9.25. The number of carbonyl (C=O) groups is 1. The fraction of sp³-hybridized carbons (Fsp3) is 0.632. The van der Waals surface area contributed by atoms with Crippen molar-refractivity contribution < 1.29 is 9.53 Å². The van der Waals surface area contributed by atoms with Gasteiger partial charge in [0.1, 0.15) is 0 Å². The van der Waals surface area contributed by atoms with Crippen LogP contribution in [0.3, 0.4) is 0 Å². The molecule has 3 saturated carbocycles. The van der Waals surface area contributed by atoms with Gasteiger partial charge < -0.3 is 4.74 Å². The predicted octanol–water partition coefficient (Wildman–Crippen LogP) is 3.85. The van der Waals surface area contributed by atoms with Crippen LogP contribution >= 0.6 is 0 Å². The second kappa shape index (κ2) is 5.30. The van der Waals surface area contributed by atoms with Crippen LogP contribution in [0.15, 0.2) is 34.6 Å². The summed E-state index contributed by atoms with van der Waals surface area (Å²) in [5.41, 5.74) is 1.64. The van der Waals surface area contributed by atoms with Crippen molar-refractivity contribution in [2.75, 3.05) is 11.6 Å². The number of hydrogen-bond acceptors (Lipinski definition) is 5. The summed E-state index contributed by atoms with van der Waals surface area (Å²) in [6, 6.07) is 8.45. The molecule has 1 aliphatic heterocycles. The fourth-order valence-corrected chi connectivity index (χ4v) is 5.88. The van der Waals surface area contributed by atoms with Crippen LogP contribution in [-0.2, 0) is 4.74 Å². The second-order valence-electron chi connectivity index (χ2n) is 7.62. The van der Waals surface area contributed by atoms with Gasteiger partial charge in [0, 0.05) is 0 Å². The molecule has 0 amide bonds. The lowest BCUT2D eigenvalue weighted by atomic mass is 9.76. The Bertz CT molecular complexity index is 686. The zero-order chi connectivity index (χ0) is 16.3. The lowest BCUT2D eigenvalue weighted by Gasteiger charge is -2.35. The van der Waals surface area contributed by atoms with Crippen LogP contribution in [0.4, 0.5) is 5.69 Å². The number of hydrogen-bond donors (Lipinski definition) is 0. The molecule has 6 atom stereocenters. The van der Waals surface area contributed by atoms with Crippen LogP contribution in [0.25, 0.3) is 0 Å². The van der Waals surface area contributed by atoms with E-state index >= 15 is 0 Å². The number of carbonyl (C=O) groups excluding carboxylic acids is 1. The van der Waals surface area contributed by atoms with E-state index in [1.54, 1.807) is 0 Å². The summed E-state index contributed by atoms with van der Waals surface area (Å²) < 4.78 is 5.06. The normalized spacial score (nSPS) is 38.5. The Morgan fingerprint density at radius 3 is 2.67 bits per heavy atom. The molecule has 1 aromatic carbocycles. The van der Waals surface area contributed by atoms with Crippen LogP contribution in [0.2, 0.25) is 0 Å². The van der Waals surface area contributed by atoms with Crippen molar-refractivity contribution in [2.45, 2.75) is 44.7 Å². The first kappa shape index (κ1) is 14.4. The van der Waals surface area contributed by atoms with E-state index in [0.717, 1.165) is 29.4 Å². The van der Waals surface area contributed by atoms with Gasteiger partial charge in [-0.05, 0) is 74.1 Å². The number of rotatable bonds is 3. The third-order valence-corrected chi connectivity index (χ3v) is 6.70. The van der Waals surface area contributed by atoms with Crippen molar-refractivity contribution in [2.24, 2.45) is 34.0 Å². The molecule has 3 aliphatic carbocycles. The molecule has 3 fully saturated rings. The Labute approximate surface area is 142 Å². The van der Waals surface area contributed by atoms with Crippen molar-refractivity contribution >= 4 is 11.7 Å². The van der Waals surface area contributed by atoms with Gasteiger partial charge in [-0.1, -0.05) is 11.6 Å². The van der Waals surface area contributed by atoms with Crippen molar-refractivity contribution in [1.29, 1.82) is 0 Å². The summed E-state index contributed by atoms with van der Waals surface area (Å²) >= 11 is 0. The second-order valence-corrected chi connectivity index (χ2v) is 7.62. The highest BCUT2D eigenvalue weighted by atomic mass is 16.5. The SMILES string of the molecule is CCOC(=O)c1ccc(N2N=NC3C4CC(C5CCCC54)C32)cc1. The lowest BCUT2D eigenvalue weighted by Crippen LogP contribution is -2.44. The van der Waals surface area contributed by atoms with Crippen molar-refractivity contribution in [3.05, 3.63) is 29.8 Å². The summed E-state index contributed by atoms with van der Waals surface area (Å²) in [6.45, 7) is 2.22. The molecule has 126 valence electrons. The quantitative estimate of drug-likeness (QED) is 0.793. The summed E-state index contributed by atoms with van der Waals surface area (Å²) in [4.78, 5) is 11.8. The molecular formula is C19H23N3O2. The van der Waals surface area contributed by atoms with Gasteiger partial charge in [0.15, 0.2) is 0 Å². The van der Waals surface area contributed by atoms with Gasteiger partial charge >= 0.3 is 5.97 Å². The molecule has 5 heteroatoms. The third kappa shape index (κ3) is 1.90. The van der Waals surface area contributed by atoms with Gasteiger partial charge in [0.25, 0.3) is 0 Å². The molecule has 4 aliphatic rings. The monoisotopic (exact) mass is 325 g/mol. The van der Waals surface area contributed by atoms with E-state index in [2.05, 4.69) is 15.3 Å². The van der Waals surface area contributed by atoms with Gasteiger partial charge in [-0.2, -0.15) is 5.11 Å². The highest BCUT2D eigenvalue weighted by molar-refractivity contribution is 5.89. The maximum atomic E-state index is 11.8. The minimum atomic E-state index is -0.265. The van der Waals surface area contributed by atoms with Crippen LogP contribution < -0.4 is 5.01 Å². The summed E-state index contributed by atoms with van der Waals surface area (Å²) in [5, 5.41) is 11.3. The minimum absolute atomic E-state index is 0.265. The zero-order valence-corrected chi connectivity index (χ0v) is 14.0. The predicted molar refractivity (Wildman–Crippen MR) is 89.7 cm³/mol. The Morgan fingerprint density at radius 1 is 1.17 bits per heavy atom. The molecular weight excluding hydrogens is 302 g/mol. The maximum absolute atomic E-state index is 11.8. The smallest absolute Gasteiger partial charge is 0.338 e. The molecule has 6 unspecified atom stereocenters. The number of nitrogens with zero attached hydrogens (tertiary/aromatic N) is 3. The van der Waals surface area contributed by atoms with Crippen molar-refractivity contribution in [1.82, 2.24) is 0 Å². The number of esters is 1. The molecule has 2 bridgehead atoms. The first-order valence-electron chi connectivity index (χ1n) is 9.25. The molecule has 5 nitrogen and oxygen atoms in total. The molecule has 24 heavy (non-hydrogen) atoms.